The summed E-state index contributed by atoms with van der Waals surface area (Å²) in [6, 6.07) is 0. The van der Waals surface area contributed by atoms with E-state index in [0.717, 1.165) is 32.2 Å². The molecule has 1 aliphatic carbocycles. The van der Waals surface area contributed by atoms with Gasteiger partial charge in [-0.1, -0.05) is 19.8 Å². The summed E-state index contributed by atoms with van der Waals surface area (Å²) in [6.07, 6.45) is 3.76. The van der Waals surface area contributed by atoms with E-state index in [2.05, 4.69) is 10.0 Å². The van der Waals surface area contributed by atoms with Gasteiger partial charge < -0.3 is 5.32 Å². The minimum Gasteiger partial charge on any atom is -0.319 e. The SMILES string of the molecule is CNCC(C)CNS(=O)(=O)C1CCCC1. The lowest BCUT2D eigenvalue weighted by Crippen LogP contribution is -2.37. The highest BCUT2D eigenvalue weighted by Gasteiger charge is 2.28. The minimum absolute atomic E-state index is 0.140. The van der Waals surface area contributed by atoms with Crippen LogP contribution in [0.4, 0.5) is 0 Å². The van der Waals surface area contributed by atoms with Crippen molar-refractivity contribution in [3.8, 4) is 0 Å². The second-order valence-corrected chi connectivity index (χ2v) is 6.51. The molecule has 2 N–H and O–H groups in total. The molecule has 4 nitrogen and oxygen atoms in total. The Morgan fingerprint density at radius 3 is 2.40 bits per heavy atom. The zero-order valence-corrected chi connectivity index (χ0v) is 10.4. The van der Waals surface area contributed by atoms with E-state index in [1.807, 2.05) is 14.0 Å². The Balaban J connectivity index is 2.35. The molecule has 1 saturated carbocycles. The van der Waals surface area contributed by atoms with Gasteiger partial charge in [0.15, 0.2) is 0 Å². The van der Waals surface area contributed by atoms with Crippen molar-refractivity contribution in [1.82, 2.24) is 10.0 Å². The first-order valence-corrected chi connectivity index (χ1v) is 7.24. The first-order valence-electron chi connectivity index (χ1n) is 5.69. The second kappa shape index (κ2) is 5.82. The Hall–Kier alpha value is -0.130. The minimum atomic E-state index is -3.05. The highest BCUT2D eigenvalue weighted by molar-refractivity contribution is 7.90. The van der Waals surface area contributed by atoms with Gasteiger partial charge in [0.05, 0.1) is 5.25 Å². The molecule has 1 rings (SSSR count). The van der Waals surface area contributed by atoms with Crippen molar-refractivity contribution in [1.29, 1.82) is 0 Å². The Labute approximate surface area is 92.9 Å². The van der Waals surface area contributed by atoms with Crippen LogP contribution in [0.25, 0.3) is 0 Å². The van der Waals surface area contributed by atoms with Gasteiger partial charge in [0.25, 0.3) is 0 Å². The molecule has 0 aromatic heterocycles. The Kier molecular flexibility index (Phi) is 5.02. The number of hydrogen-bond donors (Lipinski definition) is 2. The molecule has 0 spiro atoms. The highest BCUT2D eigenvalue weighted by atomic mass is 32.2. The summed E-state index contributed by atoms with van der Waals surface area (Å²) in [4.78, 5) is 0. The molecule has 0 amide bonds. The van der Waals surface area contributed by atoms with Crippen molar-refractivity contribution in [2.45, 2.75) is 37.9 Å². The van der Waals surface area contributed by atoms with Crippen molar-refractivity contribution in [2.24, 2.45) is 5.92 Å². The molecule has 5 heteroatoms. The molecule has 90 valence electrons. The Bertz CT molecular complexity index is 271. The molecule has 15 heavy (non-hydrogen) atoms. The zero-order valence-electron chi connectivity index (χ0n) is 9.62. The van der Waals surface area contributed by atoms with E-state index in [1.54, 1.807) is 0 Å². The van der Waals surface area contributed by atoms with Gasteiger partial charge in [0.1, 0.15) is 0 Å². The predicted octanol–water partition coefficient (Wildman–Crippen LogP) is 0.704. The third kappa shape index (κ3) is 4.09. The molecule has 0 aromatic rings. The fraction of sp³-hybridized carbons (Fsp3) is 1.00. The molecule has 1 atom stereocenters. The van der Waals surface area contributed by atoms with Gasteiger partial charge in [-0.3, -0.25) is 0 Å². The van der Waals surface area contributed by atoms with Crippen molar-refractivity contribution in [3.63, 3.8) is 0 Å². The molecule has 0 bridgehead atoms. The van der Waals surface area contributed by atoms with E-state index in [0.29, 0.717) is 12.5 Å². The van der Waals surface area contributed by atoms with Crippen LogP contribution in [-0.4, -0.2) is 33.8 Å². The van der Waals surface area contributed by atoms with E-state index >= 15 is 0 Å². The molecule has 1 aliphatic rings. The Morgan fingerprint density at radius 1 is 1.27 bits per heavy atom. The maximum Gasteiger partial charge on any atom is 0.214 e. The molecule has 1 fully saturated rings. The van der Waals surface area contributed by atoms with Gasteiger partial charge in [-0.05, 0) is 32.4 Å². The highest BCUT2D eigenvalue weighted by Crippen LogP contribution is 2.23. The van der Waals surface area contributed by atoms with Gasteiger partial charge in [0.2, 0.25) is 10.0 Å². The lowest BCUT2D eigenvalue weighted by atomic mass is 10.2. The van der Waals surface area contributed by atoms with Crippen molar-refractivity contribution < 1.29 is 8.42 Å². The standard InChI is InChI=1S/C10H22N2O2S/c1-9(7-11-2)8-12-15(13,14)10-5-3-4-6-10/h9-12H,3-8H2,1-2H3. The quantitative estimate of drug-likeness (QED) is 0.711. The normalized spacial score (nSPS) is 20.7. The fourth-order valence-electron chi connectivity index (χ4n) is 2.00. The Morgan fingerprint density at radius 2 is 1.87 bits per heavy atom. The molecule has 1 unspecified atom stereocenters. The van der Waals surface area contributed by atoms with Crippen molar-refractivity contribution in [3.05, 3.63) is 0 Å². The van der Waals surface area contributed by atoms with E-state index in [9.17, 15) is 8.42 Å². The summed E-state index contributed by atoms with van der Waals surface area (Å²) in [6.45, 7) is 3.42. The lowest BCUT2D eigenvalue weighted by Gasteiger charge is -2.15. The topological polar surface area (TPSA) is 58.2 Å². The van der Waals surface area contributed by atoms with Gasteiger partial charge >= 0.3 is 0 Å². The second-order valence-electron chi connectivity index (χ2n) is 4.46. The molecule has 0 aromatic carbocycles. The fourth-order valence-corrected chi connectivity index (χ4v) is 3.70. The van der Waals surface area contributed by atoms with Crippen LogP contribution >= 0.6 is 0 Å². The van der Waals surface area contributed by atoms with Crippen LogP contribution in [0, 0.1) is 5.92 Å². The summed E-state index contributed by atoms with van der Waals surface area (Å²) in [7, 11) is -1.17. The van der Waals surface area contributed by atoms with Gasteiger partial charge in [-0.2, -0.15) is 0 Å². The molecule has 0 radical (unpaired) electrons. The predicted molar refractivity (Wildman–Crippen MR) is 62.3 cm³/mol. The monoisotopic (exact) mass is 234 g/mol. The first-order chi connectivity index (χ1) is 7.06. The number of hydrogen-bond acceptors (Lipinski definition) is 3. The summed E-state index contributed by atoms with van der Waals surface area (Å²) in [5, 5.41) is 2.90. The molecular formula is C10H22N2O2S. The maximum atomic E-state index is 11.8. The molecule has 0 aliphatic heterocycles. The van der Waals surface area contributed by atoms with Gasteiger partial charge in [0, 0.05) is 6.54 Å². The van der Waals surface area contributed by atoms with Crippen LogP contribution < -0.4 is 10.0 Å². The number of nitrogens with one attached hydrogen (secondary N) is 2. The smallest absolute Gasteiger partial charge is 0.214 e. The summed E-state index contributed by atoms with van der Waals surface area (Å²) in [5.41, 5.74) is 0. The number of rotatable bonds is 6. The van der Waals surface area contributed by atoms with Crippen LogP contribution in [-0.2, 0) is 10.0 Å². The van der Waals surface area contributed by atoms with Gasteiger partial charge in [-0.15, -0.1) is 0 Å². The molecule has 0 saturated heterocycles. The van der Waals surface area contributed by atoms with Gasteiger partial charge in [-0.25, -0.2) is 13.1 Å². The van der Waals surface area contributed by atoms with Crippen LogP contribution in [0.3, 0.4) is 0 Å². The molecular weight excluding hydrogens is 212 g/mol. The van der Waals surface area contributed by atoms with E-state index in [1.165, 1.54) is 0 Å². The van der Waals surface area contributed by atoms with E-state index in [4.69, 9.17) is 0 Å². The van der Waals surface area contributed by atoms with Crippen LogP contribution in [0.5, 0.6) is 0 Å². The largest absolute Gasteiger partial charge is 0.319 e. The first kappa shape index (κ1) is 12.9. The van der Waals surface area contributed by atoms with Crippen LogP contribution in [0.2, 0.25) is 0 Å². The lowest BCUT2D eigenvalue weighted by molar-refractivity contribution is 0.512. The third-order valence-corrected chi connectivity index (χ3v) is 4.84. The van der Waals surface area contributed by atoms with Crippen LogP contribution in [0.1, 0.15) is 32.6 Å². The average molecular weight is 234 g/mol. The van der Waals surface area contributed by atoms with E-state index in [-0.39, 0.29) is 5.25 Å². The summed E-state index contributed by atoms with van der Waals surface area (Å²) < 4.78 is 26.3. The van der Waals surface area contributed by atoms with Crippen molar-refractivity contribution in [2.75, 3.05) is 20.1 Å². The average Bonchev–Trinajstić information content (AvgIpc) is 2.69. The third-order valence-electron chi connectivity index (χ3n) is 2.93. The van der Waals surface area contributed by atoms with Crippen molar-refractivity contribution >= 4 is 10.0 Å². The van der Waals surface area contributed by atoms with Crippen LogP contribution in [0.15, 0.2) is 0 Å². The molecule has 0 heterocycles. The maximum absolute atomic E-state index is 11.8. The number of sulfonamides is 1. The zero-order chi connectivity index (χ0) is 11.3. The van der Waals surface area contributed by atoms with E-state index < -0.39 is 10.0 Å². The summed E-state index contributed by atoms with van der Waals surface area (Å²) >= 11 is 0. The summed E-state index contributed by atoms with van der Waals surface area (Å²) in [5.74, 6) is 0.339.